The Kier molecular flexibility index (Phi) is 3.89. The number of ketones is 1. The van der Waals surface area contributed by atoms with Crippen LogP contribution in [0.1, 0.15) is 30.6 Å². The van der Waals surface area contributed by atoms with Gasteiger partial charge in [-0.05, 0) is 26.3 Å². The van der Waals surface area contributed by atoms with Gasteiger partial charge in [0.05, 0.1) is 23.8 Å². The van der Waals surface area contributed by atoms with Crippen LogP contribution < -0.4 is 4.74 Å². The molecule has 0 bridgehead atoms. The minimum Gasteiger partial charge on any atom is -0.489 e. The standard InChI is InChI=1S/C13H17NO4S/c1-9(2)18-12-5-11(6-14-7-12)13(15)10-3-4-19(16,17)8-10/h5-7,9-10H,3-4,8H2,1-2H3. The van der Waals surface area contributed by atoms with Gasteiger partial charge in [0.25, 0.3) is 0 Å². The van der Waals surface area contributed by atoms with Crippen molar-refractivity contribution in [2.45, 2.75) is 26.4 Å². The predicted octanol–water partition coefficient (Wildman–Crippen LogP) is 1.49. The number of carbonyl (C=O) groups excluding carboxylic acids is 1. The van der Waals surface area contributed by atoms with Crippen LogP contribution in [0.25, 0.3) is 0 Å². The molecule has 5 nitrogen and oxygen atoms in total. The van der Waals surface area contributed by atoms with E-state index >= 15 is 0 Å². The third-order valence-corrected chi connectivity index (χ3v) is 4.74. The maximum atomic E-state index is 12.2. The molecule has 19 heavy (non-hydrogen) atoms. The average molecular weight is 283 g/mol. The number of carbonyl (C=O) groups is 1. The van der Waals surface area contributed by atoms with Crippen molar-refractivity contribution < 1.29 is 17.9 Å². The summed E-state index contributed by atoms with van der Waals surface area (Å²) in [5.41, 5.74) is 0.417. The molecular formula is C13H17NO4S. The van der Waals surface area contributed by atoms with Gasteiger partial charge < -0.3 is 4.74 Å². The number of rotatable bonds is 4. The minimum absolute atomic E-state index is 0.000916. The van der Waals surface area contributed by atoms with Gasteiger partial charge in [0.1, 0.15) is 5.75 Å². The Morgan fingerprint density at radius 1 is 1.42 bits per heavy atom. The summed E-state index contributed by atoms with van der Waals surface area (Å²) in [4.78, 5) is 16.2. The molecule has 0 amide bonds. The van der Waals surface area contributed by atoms with Gasteiger partial charge in [0.15, 0.2) is 15.6 Å². The van der Waals surface area contributed by atoms with Crippen LogP contribution in [0.15, 0.2) is 18.5 Å². The molecule has 1 aliphatic heterocycles. The molecule has 2 rings (SSSR count). The van der Waals surface area contributed by atoms with E-state index in [0.717, 1.165) is 0 Å². The predicted molar refractivity (Wildman–Crippen MR) is 71.1 cm³/mol. The molecule has 6 heteroatoms. The summed E-state index contributed by atoms with van der Waals surface area (Å²) < 4.78 is 28.3. The van der Waals surface area contributed by atoms with E-state index < -0.39 is 15.8 Å². The van der Waals surface area contributed by atoms with Crippen LogP contribution in [0.3, 0.4) is 0 Å². The summed E-state index contributed by atoms with van der Waals surface area (Å²) in [6.45, 7) is 3.77. The van der Waals surface area contributed by atoms with Gasteiger partial charge in [0, 0.05) is 17.7 Å². The molecule has 0 aliphatic carbocycles. The Labute approximate surface area is 112 Å². The summed E-state index contributed by atoms with van der Waals surface area (Å²) in [6, 6.07) is 1.63. The fourth-order valence-corrected chi connectivity index (χ4v) is 3.87. The average Bonchev–Trinajstić information content (AvgIpc) is 2.68. The van der Waals surface area contributed by atoms with Crippen LogP contribution >= 0.6 is 0 Å². The van der Waals surface area contributed by atoms with Gasteiger partial charge in [0.2, 0.25) is 0 Å². The van der Waals surface area contributed by atoms with Crippen LogP contribution in [-0.4, -0.2) is 36.8 Å². The van der Waals surface area contributed by atoms with E-state index in [1.807, 2.05) is 13.8 Å². The number of hydrogen-bond donors (Lipinski definition) is 0. The fraction of sp³-hybridized carbons (Fsp3) is 0.538. The minimum atomic E-state index is -3.05. The second-order valence-corrected chi connectivity index (χ2v) is 7.27. The molecule has 2 heterocycles. The van der Waals surface area contributed by atoms with Gasteiger partial charge in [-0.15, -0.1) is 0 Å². The second kappa shape index (κ2) is 5.28. The molecule has 0 aromatic carbocycles. The van der Waals surface area contributed by atoms with Crippen molar-refractivity contribution in [1.29, 1.82) is 0 Å². The lowest BCUT2D eigenvalue weighted by Crippen LogP contribution is -2.16. The molecular weight excluding hydrogens is 266 g/mol. The molecule has 1 atom stereocenters. The van der Waals surface area contributed by atoms with E-state index in [1.54, 1.807) is 12.3 Å². The van der Waals surface area contributed by atoms with Crippen molar-refractivity contribution in [1.82, 2.24) is 4.98 Å². The SMILES string of the molecule is CC(C)Oc1cncc(C(=O)C2CCS(=O)(=O)C2)c1. The van der Waals surface area contributed by atoms with E-state index in [4.69, 9.17) is 4.74 Å². The lowest BCUT2D eigenvalue weighted by molar-refractivity contribution is 0.0932. The van der Waals surface area contributed by atoms with E-state index in [-0.39, 0.29) is 23.4 Å². The highest BCUT2D eigenvalue weighted by Crippen LogP contribution is 2.24. The summed E-state index contributed by atoms with van der Waals surface area (Å²) in [6.07, 6.45) is 3.40. The van der Waals surface area contributed by atoms with Crippen molar-refractivity contribution in [3.63, 3.8) is 0 Å². The number of pyridine rings is 1. The molecule has 1 saturated heterocycles. The zero-order valence-electron chi connectivity index (χ0n) is 11.0. The van der Waals surface area contributed by atoms with Crippen molar-refractivity contribution in [3.8, 4) is 5.75 Å². The van der Waals surface area contributed by atoms with Crippen molar-refractivity contribution >= 4 is 15.6 Å². The number of hydrogen-bond acceptors (Lipinski definition) is 5. The third kappa shape index (κ3) is 3.53. The maximum absolute atomic E-state index is 12.2. The molecule has 0 radical (unpaired) electrons. The Hall–Kier alpha value is -1.43. The smallest absolute Gasteiger partial charge is 0.168 e. The highest BCUT2D eigenvalue weighted by Gasteiger charge is 2.33. The lowest BCUT2D eigenvalue weighted by atomic mass is 9.98. The molecule has 1 aromatic heterocycles. The Balaban J connectivity index is 2.16. The zero-order valence-corrected chi connectivity index (χ0v) is 11.8. The van der Waals surface area contributed by atoms with E-state index in [0.29, 0.717) is 17.7 Å². The molecule has 0 N–H and O–H groups in total. The van der Waals surface area contributed by atoms with Crippen LogP contribution in [0.5, 0.6) is 5.75 Å². The highest BCUT2D eigenvalue weighted by molar-refractivity contribution is 7.91. The largest absolute Gasteiger partial charge is 0.489 e. The molecule has 0 saturated carbocycles. The maximum Gasteiger partial charge on any atom is 0.168 e. The second-order valence-electron chi connectivity index (χ2n) is 5.04. The van der Waals surface area contributed by atoms with Gasteiger partial charge in [-0.1, -0.05) is 0 Å². The van der Waals surface area contributed by atoms with Crippen LogP contribution in [-0.2, 0) is 9.84 Å². The van der Waals surface area contributed by atoms with Gasteiger partial charge in [-0.25, -0.2) is 8.42 Å². The summed E-state index contributed by atoms with van der Waals surface area (Å²) in [7, 11) is -3.05. The Bertz CT molecular complexity index is 580. The summed E-state index contributed by atoms with van der Waals surface area (Å²) in [5, 5.41) is 0. The van der Waals surface area contributed by atoms with Crippen LogP contribution in [0, 0.1) is 5.92 Å². The van der Waals surface area contributed by atoms with Crippen LogP contribution in [0.2, 0.25) is 0 Å². The van der Waals surface area contributed by atoms with E-state index in [1.165, 1.54) is 6.20 Å². The first-order valence-corrected chi connectivity index (χ1v) is 8.06. The molecule has 1 unspecified atom stereocenters. The zero-order chi connectivity index (χ0) is 14.0. The molecule has 1 aromatic rings. The fourth-order valence-electron chi connectivity index (χ4n) is 2.13. The van der Waals surface area contributed by atoms with E-state index in [2.05, 4.69) is 4.98 Å². The summed E-state index contributed by atoms with van der Waals surface area (Å²) in [5.74, 6) is -0.0364. The topological polar surface area (TPSA) is 73.3 Å². The first kappa shape index (κ1) is 14.0. The molecule has 104 valence electrons. The lowest BCUT2D eigenvalue weighted by Gasteiger charge is -2.11. The number of ether oxygens (including phenoxy) is 1. The first-order valence-electron chi connectivity index (χ1n) is 6.24. The van der Waals surface area contributed by atoms with Crippen molar-refractivity contribution in [2.75, 3.05) is 11.5 Å². The van der Waals surface area contributed by atoms with Gasteiger partial charge in [-0.3, -0.25) is 9.78 Å². The van der Waals surface area contributed by atoms with Crippen molar-refractivity contribution in [2.24, 2.45) is 5.92 Å². The molecule has 0 spiro atoms. The quantitative estimate of drug-likeness (QED) is 0.783. The summed E-state index contributed by atoms with van der Waals surface area (Å²) >= 11 is 0. The molecule has 1 fully saturated rings. The number of nitrogens with zero attached hydrogens (tertiary/aromatic N) is 1. The third-order valence-electron chi connectivity index (χ3n) is 2.97. The van der Waals surface area contributed by atoms with Crippen molar-refractivity contribution in [3.05, 3.63) is 24.0 Å². The van der Waals surface area contributed by atoms with Gasteiger partial charge in [-0.2, -0.15) is 0 Å². The number of sulfone groups is 1. The Morgan fingerprint density at radius 3 is 2.74 bits per heavy atom. The molecule has 1 aliphatic rings. The van der Waals surface area contributed by atoms with Crippen LogP contribution in [0.4, 0.5) is 0 Å². The highest BCUT2D eigenvalue weighted by atomic mass is 32.2. The monoisotopic (exact) mass is 283 g/mol. The number of Topliss-reactive ketones (excluding diaryl/α,β-unsaturated/α-hetero) is 1. The van der Waals surface area contributed by atoms with Gasteiger partial charge >= 0.3 is 0 Å². The Morgan fingerprint density at radius 2 is 2.16 bits per heavy atom. The number of aromatic nitrogens is 1. The van der Waals surface area contributed by atoms with E-state index in [9.17, 15) is 13.2 Å². The normalized spacial score (nSPS) is 21.5. The first-order chi connectivity index (χ1) is 8.87.